The molecule has 0 bridgehead atoms. The number of nitrogens with zero attached hydrogens (tertiary/aromatic N) is 3. The van der Waals surface area contributed by atoms with Gasteiger partial charge in [-0.25, -0.2) is 18.5 Å². The van der Waals surface area contributed by atoms with Gasteiger partial charge in [0.05, 0.1) is 4.90 Å². The molecule has 0 saturated heterocycles. The summed E-state index contributed by atoms with van der Waals surface area (Å²) in [5.74, 6) is 0.231. The van der Waals surface area contributed by atoms with Gasteiger partial charge in [-0.15, -0.1) is 10.2 Å². The molecule has 0 atom stereocenters. The second-order valence-corrected chi connectivity index (χ2v) is 9.86. The van der Waals surface area contributed by atoms with Crippen LogP contribution < -0.4 is 10.5 Å². The molecule has 172 valence electrons. The molecule has 3 N–H and O–H groups in total. The van der Waals surface area contributed by atoms with Gasteiger partial charge in [-0.2, -0.15) is 0 Å². The van der Waals surface area contributed by atoms with Crippen molar-refractivity contribution in [3.63, 3.8) is 0 Å². The predicted molar refractivity (Wildman–Crippen MR) is 132 cm³/mol. The molecular formula is C24H21N5O3S2. The second-order valence-electron chi connectivity index (χ2n) is 7.24. The van der Waals surface area contributed by atoms with Crippen LogP contribution in [0.4, 0.5) is 5.69 Å². The minimum Gasteiger partial charge on any atom is -0.326 e. The van der Waals surface area contributed by atoms with Gasteiger partial charge in [-0.3, -0.25) is 4.79 Å². The minimum atomic E-state index is -3.77. The van der Waals surface area contributed by atoms with E-state index in [4.69, 9.17) is 10.1 Å². The number of nitrogens with two attached hydrogens (primary N) is 1. The van der Waals surface area contributed by atoms with E-state index in [0.717, 1.165) is 16.8 Å². The van der Waals surface area contributed by atoms with E-state index in [0.29, 0.717) is 22.3 Å². The first-order valence-electron chi connectivity index (χ1n) is 10.3. The molecule has 1 heterocycles. The smallest absolute Gasteiger partial charge is 0.238 e. The maximum atomic E-state index is 12.3. The van der Waals surface area contributed by atoms with Gasteiger partial charge in [-0.1, -0.05) is 72.4 Å². The highest BCUT2D eigenvalue weighted by atomic mass is 32.2. The van der Waals surface area contributed by atoms with Crippen LogP contribution in [0.2, 0.25) is 0 Å². The van der Waals surface area contributed by atoms with Crippen LogP contribution >= 0.6 is 11.8 Å². The van der Waals surface area contributed by atoms with Crippen molar-refractivity contribution in [1.29, 1.82) is 0 Å². The van der Waals surface area contributed by atoms with E-state index in [1.54, 1.807) is 0 Å². The van der Waals surface area contributed by atoms with Crippen molar-refractivity contribution in [3.8, 4) is 22.5 Å². The van der Waals surface area contributed by atoms with E-state index in [-0.39, 0.29) is 17.2 Å². The molecule has 0 unspecified atom stereocenters. The van der Waals surface area contributed by atoms with Gasteiger partial charge in [0.25, 0.3) is 0 Å². The highest BCUT2D eigenvalue weighted by Gasteiger charge is 2.14. The average Bonchev–Trinajstić information content (AvgIpc) is 2.85. The third-order valence-electron chi connectivity index (χ3n) is 4.79. The van der Waals surface area contributed by atoms with Crippen LogP contribution in [0.1, 0.15) is 6.42 Å². The first-order valence-corrected chi connectivity index (χ1v) is 12.8. The van der Waals surface area contributed by atoms with E-state index in [1.165, 1.54) is 36.0 Å². The van der Waals surface area contributed by atoms with E-state index < -0.39 is 10.0 Å². The predicted octanol–water partition coefficient (Wildman–Crippen LogP) is 3.97. The van der Waals surface area contributed by atoms with Crippen LogP contribution in [0.15, 0.2) is 95.0 Å². The number of nitrogens with one attached hydrogen (secondary N) is 1. The number of aromatic nitrogens is 3. The minimum absolute atomic E-state index is 0.0149. The van der Waals surface area contributed by atoms with E-state index >= 15 is 0 Å². The van der Waals surface area contributed by atoms with Gasteiger partial charge in [0, 0.05) is 29.0 Å². The number of carbonyl (C=O) groups is 1. The zero-order valence-corrected chi connectivity index (χ0v) is 19.6. The summed E-state index contributed by atoms with van der Waals surface area (Å²) in [6, 6.07) is 25.2. The summed E-state index contributed by atoms with van der Waals surface area (Å²) in [6.07, 6.45) is 0.214. The largest absolute Gasteiger partial charge is 0.326 e. The fourth-order valence-electron chi connectivity index (χ4n) is 3.15. The molecule has 1 aromatic heterocycles. The van der Waals surface area contributed by atoms with Gasteiger partial charge < -0.3 is 5.32 Å². The van der Waals surface area contributed by atoms with Crippen LogP contribution in [0.5, 0.6) is 0 Å². The Balaban J connectivity index is 1.42. The summed E-state index contributed by atoms with van der Waals surface area (Å²) in [5.41, 5.74) is 3.75. The Kier molecular flexibility index (Phi) is 7.31. The quantitative estimate of drug-likeness (QED) is 0.357. The normalized spacial score (nSPS) is 11.2. The van der Waals surface area contributed by atoms with Crippen molar-refractivity contribution in [2.45, 2.75) is 16.5 Å². The van der Waals surface area contributed by atoms with E-state index in [1.807, 2.05) is 60.7 Å². The average molecular weight is 492 g/mol. The number of sulfonamides is 1. The van der Waals surface area contributed by atoms with E-state index in [9.17, 15) is 13.2 Å². The lowest BCUT2D eigenvalue weighted by Gasteiger charge is -2.09. The second kappa shape index (κ2) is 10.6. The SMILES string of the molecule is NS(=O)(=O)c1ccc(NC(=O)CCSc2nnc(-c3ccccc3)c(-c3ccccc3)n2)cc1. The van der Waals surface area contributed by atoms with Crippen molar-refractivity contribution in [2.75, 3.05) is 11.1 Å². The number of rotatable bonds is 8. The highest BCUT2D eigenvalue weighted by molar-refractivity contribution is 7.99. The lowest BCUT2D eigenvalue weighted by atomic mass is 10.0. The van der Waals surface area contributed by atoms with Crippen molar-refractivity contribution >= 4 is 33.4 Å². The number of benzene rings is 3. The number of hydrogen-bond donors (Lipinski definition) is 2. The van der Waals surface area contributed by atoms with Crippen molar-refractivity contribution in [3.05, 3.63) is 84.9 Å². The summed E-state index contributed by atoms with van der Waals surface area (Å²) in [4.78, 5) is 17.0. The van der Waals surface area contributed by atoms with Crippen LogP contribution in [0, 0.1) is 0 Å². The Bertz CT molecular complexity index is 1380. The lowest BCUT2D eigenvalue weighted by Crippen LogP contribution is -2.14. The van der Waals surface area contributed by atoms with Crippen molar-refractivity contribution in [2.24, 2.45) is 5.14 Å². The maximum Gasteiger partial charge on any atom is 0.238 e. The molecule has 0 aliphatic rings. The molecule has 34 heavy (non-hydrogen) atoms. The third-order valence-corrected chi connectivity index (χ3v) is 6.56. The summed E-state index contributed by atoms with van der Waals surface area (Å²) in [5, 5.41) is 17.0. The molecule has 0 saturated carbocycles. The van der Waals surface area contributed by atoms with Crippen molar-refractivity contribution < 1.29 is 13.2 Å². The number of primary sulfonamides is 1. The zero-order valence-electron chi connectivity index (χ0n) is 18.0. The molecule has 4 rings (SSSR count). The highest BCUT2D eigenvalue weighted by Crippen LogP contribution is 2.29. The monoisotopic (exact) mass is 491 g/mol. The van der Waals surface area contributed by atoms with Gasteiger partial charge >= 0.3 is 0 Å². The zero-order chi connectivity index (χ0) is 24.0. The number of thioether (sulfide) groups is 1. The fraction of sp³-hybridized carbons (Fsp3) is 0.0833. The molecule has 0 aliphatic carbocycles. The number of hydrogen-bond acceptors (Lipinski definition) is 7. The van der Waals surface area contributed by atoms with Gasteiger partial charge in [0.15, 0.2) is 0 Å². The molecule has 4 aromatic rings. The molecule has 3 aromatic carbocycles. The summed E-state index contributed by atoms with van der Waals surface area (Å²) < 4.78 is 22.7. The van der Waals surface area contributed by atoms with Gasteiger partial charge in [-0.05, 0) is 24.3 Å². The Morgan fingerprint density at radius 2 is 1.41 bits per heavy atom. The van der Waals surface area contributed by atoms with Gasteiger partial charge in [0.1, 0.15) is 11.4 Å². The van der Waals surface area contributed by atoms with Crippen LogP contribution in [0.25, 0.3) is 22.5 Å². The Morgan fingerprint density at radius 3 is 2.00 bits per heavy atom. The first-order chi connectivity index (χ1) is 16.4. The fourth-order valence-corrected chi connectivity index (χ4v) is 4.39. The summed E-state index contributed by atoms with van der Waals surface area (Å²) >= 11 is 1.34. The molecular weight excluding hydrogens is 470 g/mol. The molecule has 0 aliphatic heterocycles. The Labute approximate surface area is 201 Å². The summed E-state index contributed by atoms with van der Waals surface area (Å²) in [6.45, 7) is 0. The Morgan fingerprint density at radius 1 is 0.824 bits per heavy atom. The lowest BCUT2D eigenvalue weighted by molar-refractivity contribution is -0.115. The summed E-state index contributed by atoms with van der Waals surface area (Å²) in [7, 11) is -3.77. The standard InChI is InChI=1S/C24H21N5O3S2/c25-34(31,32)20-13-11-19(12-14-20)26-21(30)15-16-33-24-27-22(17-7-3-1-4-8-17)23(28-29-24)18-9-5-2-6-10-18/h1-14H,15-16H2,(H,26,30)(H2,25,31,32). The number of carbonyl (C=O) groups excluding carboxylic acids is 1. The van der Waals surface area contributed by atoms with Gasteiger partial charge in [0.2, 0.25) is 21.1 Å². The molecule has 10 heteroatoms. The Hall–Kier alpha value is -3.60. The molecule has 0 spiro atoms. The third kappa shape index (κ3) is 6.04. The molecule has 0 fully saturated rings. The molecule has 1 amide bonds. The number of amides is 1. The molecule has 8 nitrogen and oxygen atoms in total. The van der Waals surface area contributed by atoms with Crippen molar-refractivity contribution in [1.82, 2.24) is 15.2 Å². The van der Waals surface area contributed by atoms with Crippen LogP contribution in [-0.4, -0.2) is 35.3 Å². The first kappa shape index (κ1) is 23.6. The number of anilines is 1. The van der Waals surface area contributed by atoms with E-state index in [2.05, 4.69) is 15.5 Å². The molecule has 0 radical (unpaired) electrons. The van der Waals surface area contributed by atoms with Crippen LogP contribution in [-0.2, 0) is 14.8 Å². The van der Waals surface area contributed by atoms with Crippen LogP contribution in [0.3, 0.4) is 0 Å². The maximum absolute atomic E-state index is 12.3. The topological polar surface area (TPSA) is 128 Å².